The van der Waals surface area contributed by atoms with Crippen molar-refractivity contribution in [2.45, 2.75) is 0 Å². The second kappa shape index (κ2) is 8.09. The van der Waals surface area contributed by atoms with E-state index in [2.05, 4.69) is 15.3 Å². The van der Waals surface area contributed by atoms with Crippen molar-refractivity contribution in [1.82, 2.24) is 15.3 Å². The Morgan fingerprint density at radius 2 is 1.96 bits per heavy atom. The molecule has 0 unspecified atom stereocenters. The molecule has 0 aliphatic heterocycles. The van der Waals surface area contributed by atoms with Crippen molar-refractivity contribution in [2.75, 3.05) is 27.4 Å². The lowest BCUT2D eigenvalue weighted by atomic mass is 10.1. The third-order valence-electron chi connectivity index (χ3n) is 3.08. The number of hydrogen-bond donors (Lipinski definition) is 2. The first kappa shape index (κ1) is 16.7. The number of ether oxygens (including phenoxy) is 2. The van der Waals surface area contributed by atoms with Gasteiger partial charge in [0.15, 0.2) is 0 Å². The van der Waals surface area contributed by atoms with Crippen LogP contribution in [0.3, 0.4) is 0 Å². The van der Waals surface area contributed by atoms with Crippen molar-refractivity contribution in [1.29, 1.82) is 0 Å². The summed E-state index contributed by atoms with van der Waals surface area (Å²) in [4.78, 5) is 8.30. The van der Waals surface area contributed by atoms with Crippen LogP contribution in [0, 0.1) is 5.82 Å². The van der Waals surface area contributed by atoms with Gasteiger partial charge in [-0.3, -0.25) is 0 Å². The predicted octanol–water partition coefficient (Wildman–Crippen LogP) is 1.64. The molecule has 122 valence electrons. The second-order valence-electron chi connectivity index (χ2n) is 4.61. The average molecular weight is 318 g/mol. The van der Waals surface area contributed by atoms with Crippen molar-refractivity contribution < 1.29 is 13.9 Å². The highest BCUT2D eigenvalue weighted by atomic mass is 19.1. The number of rotatable bonds is 7. The summed E-state index contributed by atoms with van der Waals surface area (Å²) in [6.45, 7) is 0.788. The van der Waals surface area contributed by atoms with E-state index in [0.29, 0.717) is 30.3 Å². The van der Waals surface area contributed by atoms with Gasteiger partial charge in [0.25, 0.3) is 0 Å². The maximum Gasteiger partial charge on any atom is 0.317 e. The van der Waals surface area contributed by atoms with Gasteiger partial charge in [0.1, 0.15) is 12.4 Å². The lowest BCUT2D eigenvalue weighted by Crippen LogP contribution is -2.14. The Balaban J connectivity index is 2.30. The maximum atomic E-state index is 13.1. The van der Waals surface area contributed by atoms with Gasteiger partial charge in [-0.1, -0.05) is 0 Å². The number of methoxy groups -OCH3 is 1. The lowest BCUT2D eigenvalue weighted by molar-refractivity contribution is 0.140. The monoisotopic (exact) mass is 318 g/mol. The predicted molar refractivity (Wildman–Crippen MR) is 85.9 cm³/mol. The number of hydrogen-bond acceptors (Lipinski definition) is 6. The van der Waals surface area contributed by atoms with Gasteiger partial charge in [-0.2, -0.15) is 4.98 Å². The van der Waals surface area contributed by atoms with Crippen LogP contribution in [0.2, 0.25) is 0 Å². The molecule has 23 heavy (non-hydrogen) atoms. The molecule has 1 heterocycles. The Hall–Kier alpha value is -2.67. The largest absolute Gasteiger partial charge is 0.461 e. The number of nitrogens with two attached hydrogens (primary N) is 1. The van der Waals surface area contributed by atoms with Gasteiger partial charge >= 0.3 is 6.01 Å². The van der Waals surface area contributed by atoms with E-state index >= 15 is 0 Å². The van der Waals surface area contributed by atoms with E-state index < -0.39 is 0 Å². The fourth-order valence-electron chi connectivity index (χ4n) is 1.96. The van der Waals surface area contributed by atoms with E-state index in [-0.39, 0.29) is 11.8 Å². The van der Waals surface area contributed by atoms with Crippen LogP contribution in [0.5, 0.6) is 6.01 Å². The first-order valence-corrected chi connectivity index (χ1v) is 7.04. The second-order valence-corrected chi connectivity index (χ2v) is 4.61. The molecule has 0 saturated heterocycles. The van der Waals surface area contributed by atoms with Crippen LogP contribution in [0.1, 0.15) is 11.3 Å². The molecule has 0 amide bonds. The Kier molecular flexibility index (Phi) is 5.87. The summed E-state index contributed by atoms with van der Waals surface area (Å²) >= 11 is 0. The number of nitrogens with zero attached hydrogens (tertiary/aromatic N) is 2. The van der Waals surface area contributed by atoms with Gasteiger partial charge < -0.3 is 20.5 Å². The number of aromatic nitrogens is 2. The minimum absolute atomic E-state index is 0.219. The standard InChI is InChI=1S/C16H19FN4O2/c1-19-15(11-3-5-12(17)6-4-11)14(18)13-7-8-20-16(21-13)23-10-9-22-2/h3-8,19H,9-10,18H2,1-2H3/b15-14-. The molecule has 3 N–H and O–H groups in total. The molecule has 0 spiro atoms. The summed E-state index contributed by atoms with van der Waals surface area (Å²) in [5.41, 5.74) is 8.53. The highest BCUT2D eigenvalue weighted by Gasteiger charge is 2.10. The van der Waals surface area contributed by atoms with Crippen molar-refractivity contribution in [3.8, 4) is 6.01 Å². The van der Waals surface area contributed by atoms with Gasteiger partial charge in [0.05, 0.1) is 23.7 Å². The highest BCUT2D eigenvalue weighted by molar-refractivity contribution is 5.87. The number of benzene rings is 1. The molecule has 1 aromatic carbocycles. The lowest BCUT2D eigenvalue weighted by Gasteiger charge is -2.12. The molecule has 0 atom stereocenters. The fourth-order valence-corrected chi connectivity index (χ4v) is 1.96. The third kappa shape index (κ3) is 4.40. The Bertz CT molecular complexity index is 674. The quantitative estimate of drug-likeness (QED) is 0.755. The molecule has 2 aromatic rings. The topological polar surface area (TPSA) is 82.3 Å². The van der Waals surface area contributed by atoms with Gasteiger partial charge in [-0.25, -0.2) is 9.37 Å². The minimum Gasteiger partial charge on any atom is -0.461 e. The van der Waals surface area contributed by atoms with E-state index in [1.54, 1.807) is 38.6 Å². The molecule has 0 aliphatic rings. The summed E-state index contributed by atoms with van der Waals surface area (Å²) in [5, 5.41) is 3.02. The van der Waals surface area contributed by atoms with Crippen LogP contribution in [-0.4, -0.2) is 37.3 Å². The van der Waals surface area contributed by atoms with Gasteiger partial charge in [0, 0.05) is 20.4 Å². The van der Waals surface area contributed by atoms with Crippen LogP contribution in [0.25, 0.3) is 11.4 Å². The van der Waals surface area contributed by atoms with Crippen molar-refractivity contribution in [3.63, 3.8) is 0 Å². The number of halogens is 1. The summed E-state index contributed by atoms with van der Waals surface area (Å²) < 4.78 is 23.3. The molecular formula is C16H19FN4O2. The molecule has 0 aliphatic carbocycles. The SMILES string of the molecule is CN/C(=C(\N)c1ccnc(OCCOC)n1)c1ccc(F)cc1. The molecule has 7 heteroatoms. The summed E-state index contributed by atoms with van der Waals surface area (Å²) in [7, 11) is 3.33. The zero-order chi connectivity index (χ0) is 16.7. The molecule has 0 fully saturated rings. The molecule has 0 radical (unpaired) electrons. The van der Waals surface area contributed by atoms with Crippen molar-refractivity contribution in [3.05, 3.63) is 53.6 Å². The zero-order valence-electron chi connectivity index (χ0n) is 13.0. The summed E-state index contributed by atoms with van der Waals surface area (Å²) in [6, 6.07) is 7.94. The Morgan fingerprint density at radius 3 is 2.61 bits per heavy atom. The van der Waals surface area contributed by atoms with Gasteiger partial charge in [0.2, 0.25) is 0 Å². The first-order valence-electron chi connectivity index (χ1n) is 7.04. The fraction of sp³-hybridized carbons (Fsp3) is 0.250. The van der Waals surface area contributed by atoms with Crippen LogP contribution in [0.15, 0.2) is 36.5 Å². The van der Waals surface area contributed by atoms with Crippen molar-refractivity contribution >= 4 is 11.4 Å². The smallest absolute Gasteiger partial charge is 0.317 e. The molecule has 0 saturated carbocycles. The summed E-state index contributed by atoms with van der Waals surface area (Å²) in [6.07, 6.45) is 1.56. The Labute approximate surface area is 134 Å². The van der Waals surface area contributed by atoms with E-state index in [1.165, 1.54) is 12.1 Å². The highest BCUT2D eigenvalue weighted by Crippen LogP contribution is 2.20. The van der Waals surface area contributed by atoms with Crippen LogP contribution in [0.4, 0.5) is 4.39 Å². The maximum absolute atomic E-state index is 13.1. The first-order chi connectivity index (χ1) is 11.2. The van der Waals surface area contributed by atoms with E-state index in [1.807, 2.05) is 0 Å². The van der Waals surface area contributed by atoms with Crippen LogP contribution < -0.4 is 15.8 Å². The average Bonchev–Trinajstić information content (AvgIpc) is 2.57. The van der Waals surface area contributed by atoms with Crippen molar-refractivity contribution in [2.24, 2.45) is 5.73 Å². The third-order valence-corrected chi connectivity index (χ3v) is 3.08. The Morgan fingerprint density at radius 1 is 1.22 bits per heavy atom. The van der Waals surface area contributed by atoms with E-state index in [9.17, 15) is 4.39 Å². The van der Waals surface area contributed by atoms with Crippen LogP contribution >= 0.6 is 0 Å². The molecule has 1 aromatic heterocycles. The van der Waals surface area contributed by atoms with E-state index in [0.717, 1.165) is 5.56 Å². The molecule has 6 nitrogen and oxygen atoms in total. The van der Waals surface area contributed by atoms with Gasteiger partial charge in [-0.15, -0.1) is 0 Å². The van der Waals surface area contributed by atoms with Gasteiger partial charge in [-0.05, 0) is 35.9 Å². The summed E-state index contributed by atoms with van der Waals surface area (Å²) in [5.74, 6) is -0.307. The molecular weight excluding hydrogens is 299 g/mol. The zero-order valence-corrected chi connectivity index (χ0v) is 13.0. The molecule has 0 bridgehead atoms. The number of nitrogens with one attached hydrogen (secondary N) is 1. The molecule has 2 rings (SSSR count). The normalized spacial score (nSPS) is 11.8. The van der Waals surface area contributed by atoms with Crippen LogP contribution in [-0.2, 0) is 4.74 Å². The van der Waals surface area contributed by atoms with E-state index in [4.69, 9.17) is 15.2 Å². The minimum atomic E-state index is -0.307.